The average molecular weight is 352 g/mol. The lowest BCUT2D eigenvalue weighted by atomic mass is 10.2. The van der Waals surface area contributed by atoms with Gasteiger partial charge in [0.1, 0.15) is 0 Å². The van der Waals surface area contributed by atoms with Gasteiger partial charge in [-0.05, 0) is 25.7 Å². The number of nitrogens with zero attached hydrogens (tertiary/aromatic N) is 1. The second kappa shape index (κ2) is 11.8. The molecule has 0 aliphatic rings. The summed E-state index contributed by atoms with van der Waals surface area (Å²) in [6.45, 7) is 6.82. The van der Waals surface area contributed by atoms with Crippen molar-refractivity contribution in [2.24, 2.45) is 0 Å². The van der Waals surface area contributed by atoms with Gasteiger partial charge in [-0.2, -0.15) is 8.42 Å². The first-order valence-electron chi connectivity index (χ1n) is 8.67. The number of hydrogen-bond acceptors (Lipinski definition) is 4. The maximum absolute atomic E-state index is 12.1. The Kier molecular flexibility index (Phi) is 11.5. The second-order valence-electron chi connectivity index (χ2n) is 6.42. The summed E-state index contributed by atoms with van der Waals surface area (Å²) in [6, 6.07) is 0. The number of carbonyl (C=O) groups excluding carboxylic acids is 1. The van der Waals surface area contributed by atoms with Gasteiger partial charge in [0.25, 0.3) is 16.0 Å². The Morgan fingerprint density at radius 2 is 1.57 bits per heavy atom. The van der Waals surface area contributed by atoms with E-state index < -0.39 is 10.1 Å². The van der Waals surface area contributed by atoms with E-state index in [2.05, 4.69) is 30.4 Å². The summed E-state index contributed by atoms with van der Waals surface area (Å²) >= 11 is 0. The van der Waals surface area contributed by atoms with Crippen molar-refractivity contribution in [1.29, 1.82) is 0 Å². The zero-order valence-corrected chi connectivity index (χ0v) is 16.1. The maximum Gasteiger partial charge on any atom is 0.275 e. The summed E-state index contributed by atoms with van der Waals surface area (Å²) in [7, 11) is -0.260. The zero-order chi connectivity index (χ0) is 17.8. The maximum atomic E-state index is 12.1. The van der Waals surface area contributed by atoms with E-state index in [-0.39, 0.29) is 18.2 Å². The molecule has 0 rings (SSSR count). The fourth-order valence-corrected chi connectivity index (χ4v) is 3.08. The predicted molar refractivity (Wildman–Crippen MR) is 93.6 cm³/mol. The molecule has 0 unspecified atom stereocenters. The van der Waals surface area contributed by atoms with Gasteiger partial charge in [-0.3, -0.25) is 8.98 Å². The molecular formula is C16H35N2O4S+. The summed E-state index contributed by atoms with van der Waals surface area (Å²) in [5.41, 5.74) is 0. The average Bonchev–Trinajstić information content (AvgIpc) is 2.47. The van der Waals surface area contributed by atoms with Crippen molar-refractivity contribution in [2.45, 2.75) is 52.4 Å². The third-order valence-electron chi connectivity index (χ3n) is 4.06. The van der Waals surface area contributed by atoms with Crippen LogP contribution in [0.5, 0.6) is 0 Å². The van der Waals surface area contributed by atoms with Crippen molar-refractivity contribution in [2.75, 3.05) is 46.1 Å². The first kappa shape index (κ1) is 22.3. The molecule has 0 saturated heterocycles. The molecule has 138 valence electrons. The lowest BCUT2D eigenvalue weighted by Gasteiger charge is -2.34. The Bertz CT molecular complexity index is 414. The number of rotatable bonds is 14. The van der Waals surface area contributed by atoms with Crippen molar-refractivity contribution in [3.8, 4) is 0 Å². The summed E-state index contributed by atoms with van der Waals surface area (Å²) in [5.74, 6) is -0.281. The highest BCUT2D eigenvalue weighted by Crippen LogP contribution is 2.10. The van der Waals surface area contributed by atoms with Crippen LogP contribution < -0.4 is 5.32 Å². The van der Waals surface area contributed by atoms with E-state index in [1.54, 1.807) is 0 Å². The Hall–Kier alpha value is -0.660. The van der Waals surface area contributed by atoms with Crippen molar-refractivity contribution < 1.29 is 21.9 Å². The first-order chi connectivity index (χ1) is 10.8. The first-order valence-corrected chi connectivity index (χ1v) is 10.2. The normalized spacial score (nSPS) is 12.3. The van der Waals surface area contributed by atoms with Gasteiger partial charge in [-0.15, -0.1) is 0 Å². The van der Waals surface area contributed by atoms with E-state index in [9.17, 15) is 13.2 Å². The molecule has 7 heteroatoms. The van der Waals surface area contributed by atoms with Crippen LogP contribution in [0.1, 0.15) is 52.4 Å². The molecule has 0 fully saturated rings. The quantitative estimate of drug-likeness (QED) is 0.295. The predicted octanol–water partition coefficient (Wildman–Crippen LogP) is 1.91. The fourth-order valence-electron chi connectivity index (χ4n) is 2.56. The minimum atomic E-state index is -3.51. The van der Waals surface area contributed by atoms with Crippen molar-refractivity contribution >= 4 is 16.0 Å². The molecule has 1 N–H and O–H groups in total. The van der Waals surface area contributed by atoms with E-state index in [4.69, 9.17) is 0 Å². The van der Waals surface area contributed by atoms with E-state index in [0.717, 1.165) is 50.4 Å². The van der Waals surface area contributed by atoms with Crippen molar-refractivity contribution in [3.63, 3.8) is 0 Å². The van der Waals surface area contributed by atoms with Crippen molar-refractivity contribution in [3.05, 3.63) is 0 Å². The van der Waals surface area contributed by atoms with Gasteiger partial charge >= 0.3 is 0 Å². The van der Waals surface area contributed by atoms with Crippen LogP contribution >= 0.6 is 0 Å². The number of unbranched alkanes of at least 4 members (excludes halogenated alkanes) is 4. The molecule has 0 bridgehead atoms. The molecule has 6 nitrogen and oxygen atoms in total. The monoisotopic (exact) mass is 351 g/mol. The number of likely N-dealkylation sites (N-methyl/N-ethyl adjacent to an activating group) is 1. The Labute approximate surface area is 142 Å². The van der Waals surface area contributed by atoms with E-state index in [0.29, 0.717) is 6.54 Å². The summed E-state index contributed by atoms with van der Waals surface area (Å²) in [4.78, 5) is 12.1. The van der Waals surface area contributed by atoms with Crippen LogP contribution in [0.15, 0.2) is 0 Å². The van der Waals surface area contributed by atoms with E-state index in [1.807, 2.05) is 0 Å². The molecule has 0 aliphatic heterocycles. The third-order valence-corrected chi connectivity index (χ3v) is 5.27. The fraction of sp³-hybridized carbons (Fsp3) is 0.938. The SMILES string of the molecule is CCCCC[N+](C)(CCCCC)CC(=O)NCCS(=O)(=O)OC. The second-order valence-corrected chi connectivity index (χ2v) is 8.27. The lowest BCUT2D eigenvalue weighted by Crippen LogP contribution is -2.52. The zero-order valence-electron chi connectivity index (χ0n) is 15.3. The van der Waals surface area contributed by atoms with Gasteiger partial charge < -0.3 is 9.80 Å². The number of carbonyl (C=O) groups is 1. The van der Waals surface area contributed by atoms with E-state index >= 15 is 0 Å². The third kappa shape index (κ3) is 11.5. The van der Waals surface area contributed by atoms with Crippen LogP contribution in [0.25, 0.3) is 0 Å². The molecule has 0 aromatic heterocycles. The van der Waals surface area contributed by atoms with Crippen LogP contribution in [0.3, 0.4) is 0 Å². The van der Waals surface area contributed by atoms with Crippen molar-refractivity contribution in [1.82, 2.24) is 5.32 Å². The molecule has 0 radical (unpaired) electrons. The van der Waals surface area contributed by atoms with Crippen LogP contribution in [0.4, 0.5) is 0 Å². The number of nitrogens with one attached hydrogen (secondary N) is 1. The van der Waals surface area contributed by atoms with Gasteiger partial charge in [0.05, 0.1) is 33.0 Å². The molecule has 0 aliphatic carbocycles. The Balaban J connectivity index is 4.39. The summed E-state index contributed by atoms with van der Waals surface area (Å²) in [6.07, 6.45) is 6.91. The van der Waals surface area contributed by atoms with Gasteiger partial charge in [-0.1, -0.05) is 26.7 Å². The molecule has 0 atom stereocenters. The number of hydrogen-bond donors (Lipinski definition) is 1. The summed E-state index contributed by atoms with van der Waals surface area (Å²) < 4.78 is 27.6. The smallest absolute Gasteiger partial charge is 0.275 e. The van der Waals surface area contributed by atoms with Gasteiger partial charge in [0.15, 0.2) is 6.54 Å². The van der Waals surface area contributed by atoms with Crippen LogP contribution in [-0.4, -0.2) is 64.9 Å². The van der Waals surface area contributed by atoms with Crippen LogP contribution in [0, 0.1) is 0 Å². The lowest BCUT2D eigenvalue weighted by molar-refractivity contribution is -0.902. The highest BCUT2D eigenvalue weighted by Gasteiger charge is 2.24. The van der Waals surface area contributed by atoms with Gasteiger partial charge in [-0.25, -0.2) is 0 Å². The van der Waals surface area contributed by atoms with Gasteiger partial charge in [0, 0.05) is 6.54 Å². The minimum absolute atomic E-state index is 0.0909. The Morgan fingerprint density at radius 1 is 1.04 bits per heavy atom. The number of quaternary nitrogens is 1. The van der Waals surface area contributed by atoms with Gasteiger partial charge in [0.2, 0.25) is 0 Å². The molecule has 0 spiro atoms. The molecule has 0 heterocycles. The Morgan fingerprint density at radius 3 is 2.00 bits per heavy atom. The highest BCUT2D eigenvalue weighted by atomic mass is 32.2. The number of amides is 1. The molecule has 0 aromatic carbocycles. The molecular weight excluding hydrogens is 316 g/mol. The standard InChI is InChI=1S/C16H34N2O4S/c1-5-7-9-12-18(3,13-10-8-6-2)15-16(19)17-11-14-23(20,21)22-4/h5-15H2,1-4H3/p+1. The molecule has 0 aromatic rings. The summed E-state index contributed by atoms with van der Waals surface area (Å²) in [5, 5.41) is 2.70. The largest absolute Gasteiger partial charge is 0.350 e. The molecule has 1 amide bonds. The van der Waals surface area contributed by atoms with Crippen LogP contribution in [-0.2, 0) is 19.1 Å². The molecule has 0 saturated carbocycles. The van der Waals surface area contributed by atoms with Crippen LogP contribution in [0.2, 0.25) is 0 Å². The molecule has 23 heavy (non-hydrogen) atoms. The minimum Gasteiger partial charge on any atom is -0.350 e. The van der Waals surface area contributed by atoms with E-state index in [1.165, 1.54) is 12.8 Å². The topological polar surface area (TPSA) is 72.5 Å². The highest BCUT2D eigenvalue weighted by molar-refractivity contribution is 7.86.